The van der Waals surface area contributed by atoms with E-state index in [1.807, 2.05) is 35.2 Å². The van der Waals surface area contributed by atoms with Crippen molar-refractivity contribution < 1.29 is 8.42 Å². The highest BCUT2D eigenvalue weighted by Gasteiger charge is 2.18. The van der Waals surface area contributed by atoms with Gasteiger partial charge in [0, 0.05) is 31.9 Å². The van der Waals surface area contributed by atoms with E-state index in [1.54, 1.807) is 18.2 Å². The summed E-state index contributed by atoms with van der Waals surface area (Å²) in [5.74, 6) is 1.06. The summed E-state index contributed by atoms with van der Waals surface area (Å²) in [6.07, 6.45) is 0. The number of primary sulfonamides is 1. The fourth-order valence-electron chi connectivity index (χ4n) is 3.07. The van der Waals surface area contributed by atoms with Crippen LogP contribution in [0.2, 0.25) is 0 Å². The standard InChI is InChI=1S/C19H22N8O2S/c20-30(28,29)16-9-5-4-8-15(16)23-18-24-17(22-14-6-2-1-3-7-14)25-19(26-18)27-12-10-21-11-13-27/h1-9,21H,10-13H2,(H2,20,28,29)(H2,22,23,24,25,26). The molecule has 1 aliphatic rings. The predicted molar refractivity (Wildman–Crippen MR) is 116 cm³/mol. The second kappa shape index (κ2) is 8.61. The van der Waals surface area contributed by atoms with Crippen LogP contribution in [0.1, 0.15) is 0 Å². The van der Waals surface area contributed by atoms with Crippen molar-refractivity contribution in [2.45, 2.75) is 4.90 Å². The molecule has 0 unspecified atom stereocenters. The van der Waals surface area contributed by atoms with Crippen molar-refractivity contribution in [2.75, 3.05) is 41.7 Å². The molecule has 2 aromatic carbocycles. The molecular formula is C19H22N8O2S. The zero-order chi connectivity index (χ0) is 21.0. The molecule has 0 atom stereocenters. The average molecular weight is 427 g/mol. The first-order valence-electron chi connectivity index (χ1n) is 9.42. The maximum absolute atomic E-state index is 11.9. The van der Waals surface area contributed by atoms with Crippen LogP contribution in [0, 0.1) is 0 Å². The van der Waals surface area contributed by atoms with E-state index in [9.17, 15) is 8.42 Å². The zero-order valence-electron chi connectivity index (χ0n) is 16.1. The van der Waals surface area contributed by atoms with E-state index in [0.717, 1.165) is 31.9 Å². The number of anilines is 5. The van der Waals surface area contributed by atoms with Crippen LogP contribution in [-0.2, 0) is 10.0 Å². The number of piperazine rings is 1. The van der Waals surface area contributed by atoms with Gasteiger partial charge in [-0.25, -0.2) is 13.6 Å². The van der Waals surface area contributed by atoms with Crippen LogP contribution in [0.25, 0.3) is 0 Å². The van der Waals surface area contributed by atoms with Gasteiger partial charge in [0.25, 0.3) is 0 Å². The highest BCUT2D eigenvalue weighted by atomic mass is 32.2. The van der Waals surface area contributed by atoms with Gasteiger partial charge in [0.05, 0.1) is 5.69 Å². The number of hydrogen-bond acceptors (Lipinski definition) is 9. The van der Waals surface area contributed by atoms with E-state index in [4.69, 9.17) is 5.14 Å². The van der Waals surface area contributed by atoms with Crippen molar-refractivity contribution in [3.05, 3.63) is 54.6 Å². The zero-order valence-corrected chi connectivity index (χ0v) is 16.9. The number of nitrogens with zero attached hydrogens (tertiary/aromatic N) is 4. The molecule has 1 fully saturated rings. The van der Waals surface area contributed by atoms with Crippen LogP contribution in [0.3, 0.4) is 0 Å². The van der Waals surface area contributed by atoms with Gasteiger partial charge in [-0.2, -0.15) is 15.0 Å². The van der Waals surface area contributed by atoms with Crippen molar-refractivity contribution in [3.8, 4) is 0 Å². The third-order valence-electron chi connectivity index (χ3n) is 4.49. The third-order valence-corrected chi connectivity index (χ3v) is 5.46. The summed E-state index contributed by atoms with van der Waals surface area (Å²) in [5, 5.41) is 14.8. The molecule has 1 aromatic heterocycles. The Morgan fingerprint density at radius 3 is 2.20 bits per heavy atom. The fourth-order valence-corrected chi connectivity index (χ4v) is 3.77. The quantitative estimate of drug-likeness (QED) is 0.461. The molecule has 11 heteroatoms. The van der Waals surface area contributed by atoms with Crippen LogP contribution in [0.15, 0.2) is 59.5 Å². The fraction of sp³-hybridized carbons (Fsp3) is 0.211. The normalized spacial score (nSPS) is 14.4. The number of nitrogens with one attached hydrogen (secondary N) is 3. The van der Waals surface area contributed by atoms with E-state index in [0.29, 0.717) is 17.6 Å². The largest absolute Gasteiger partial charge is 0.338 e. The molecule has 1 aliphatic heterocycles. The summed E-state index contributed by atoms with van der Waals surface area (Å²) in [4.78, 5) is 15.5. The summed E-state index contributed by atoms with van der Waals surface area (Å²) in [5.41, 5.74) is 1.12. The number of nitrogens with two attached hydrogens (primary N) is 1. The van der Waals surface area contributed by atoms with Crippen molar-refractivity contribution in [1.29, 1.82) is 0 Å². The van der Waals surface area contributed by atoms with Gasteiger partial charge in [-0.1, -0.05) is 30.3 Å². The number of para-hydroxylation sites is 2. The number of benzene rings is 2. The van der Waals surface area contributed by atoms with E-state index in [-0.39, 0.29) is 10.8 Å². The van der Waals surface area contributed by atoms with Crippen LogP contribution < -0.4 is 26.0 Å². The lowest BCUT2D eigenvalue weighted by molar-refractivity contribution is 0.579. The van der Waals surface area contributed by atoms with E-state index in [2.05, 4.69) is 30.9 Å². The van der Waals surface area contributed by atoms with Gasteiger partial charge in [-0.3, -0.25) is 0 Å². The first-order valence-corrected chi connectivity index (χ1v) is 11.0. The Labute approximate surface area is 174 Å². The molecule has 0 amide bonds. The van der Waals surface area contributed by atoms with Gasteiger partial charge in [-0.15, -0.1) is 0 Å². The summed E-state index contributed by atoms with van der Waals surface area (Å²) in [7, 11) is -3.91. The number of hydrogen-bond donors (Lipinski definition) is 4. The minimum absolute atomic E-state index is 0.0355. The minimum atomic E-state index is -3.91. The molecule has 2 heterocycles. The predicted octanol–water partition coefficient (Wildman–Crippen LogP) is 1.42. The van der Waals surface area contributed by atoms with Crippen molar-refractivity contribution >= 4 is 39.2 Å². The van der Waals surface area contributed by atoms with Gasteiger partial charge in [0.1, 0.15) is 4.90 Å². The summed E-state index contributed by atoms with van der Waals surface area (Å²) >= 11 is 0. The van der Waals surface area contributed by atoms with Crippen molar-refractivity contribution in [3.63, 3.8) is 0 Å². The minimum Gasteiger partial charge on any atom is -0.338 e. The molecule has 3 aromatic rings. The molecule has 0 radical (unpaired) electrons. The van der Waals surface area contributed by atoms with Crippen LogP contribution in [0.5, 0.6) is 0 Å². The lowest BCUT2D eigenvalue weighted by atomic mass is 10.3. The average Bonchev–Trinajstić information content (AvgIpc) is 2.74. The summed E-state index contributed by atoms with van der Waals surface area (Å²) in [6.45, 7) is 3.15. The highest BCUT2D eigenvalue weighted by Crippen LogP contribution is 2.24. The molecule has 4 rings (SSSR count). The molecule has 156 valence electrons. The monoisotopic (exact) mass is 426 g/mol. The topological polar surface area (TPSA) is 138 Å². The molecule has 0 bridgehead atoms. The molecule has 5 N–H and O–H groups in total. The van der Waals surface area contributed by atoms with Gasteiger partial charge in [-0.05, 0) is 24.3 Å². The Kier molecular flexibility index (Phi) is 5.74. The lowest BCUT2D eigenvalue weighted by Gasteiger charge is -2.27. The van der Waals surface area contributed by atoms with Gasteiger partial charge in [0.2, 0.25) is 27.9 Å². The second-order valence-corrected chi connectivity index (χ2v) is 8.21. The lowest BCUT2D eigenvalue weighted by Crippen LogP contribution is -2.44. The molecule has 0 saturated carbocycles. The van der Waals surface area contributed by atoms with Gasteiger partial charge >= 0.3 is 0 Å². The van der Waals surface area contributed by atoms with E-state index >= 15 is 0 Å². The first-order chi connectivity index (χ1) is 14.5. The van der Waals surface area contributed by atoms with Gasteiger partial charge < -0.3 is 20.9 Å². The summed E-state index contributed by atoms with van der Waals surface area (Å²) in [6, 6.07) is 15.9. The summed E-state index contributed by atoms with van der Waals surface area (Å²) < 4.78 is 23.8. The number of rotatable bonds is 6. The van der Waals surface area contributed by atoms with Crippen LogP contribution >= 0.6 is 0 Å². The molecule has 0 spiro atoms. The SMILES string of the molecule is NS(=O)(=O)c1ccccc1Nc1nc(Nc2ccccc2)nc(N2CCNCC2)n1. The van der Waals surface area contributed by atoms with E-state index < -0.39 is 10.0 Å². The smallest absolute Gasteiger partial charge is 0.240 e. The van der Waals surface area contributed by atoms with Crippen molar-refractivity contribution in [1.82, 2.24) is 20.3 Å². The van der Waals surface area contributed by atoms with E-state index in [1.165, 1.54) is 6.07 Å². The number of aromatic nitrogens is 3. The molecule has 0 aliphatic carbocycles. The highest BCUT2D eigenvalue weighted by molar-refractivity contribution is 7.89. The van der Waals surface area contributed by atoms with Crippen LogP contribution in [-0.4, -0.2) is 49.5 Å². The molecule has 1 saturated heterocycles. The Balaban J connectivity index is 1.71. The number of sulfonamides is 1. The van der Waals surface area contributed by atoms with Crippen LogP contribution in [0.4, 0.5) is 29.2 Å². The Morgan fingerprint density at radius 1 is 0.867 bits per heavy atom. The molecular weight excluding hydrogens is 404 g/mol. The second-order valence-electron chi connectivity index (χ2n) is 6.68. The van der Waals surface area contributed by atoms with Gasteiger partial charge in [0.15, 0.2) is 0 Å². The molecule has 30 heavy (non-hydrogen) atoms. The third kappa shape index (κ3) is 4.82. The maximum atomic E-state index is 11.9. The Hall–Kier alpha value is -3.28. The first kappa shape index (κ1) is 20.0. The molecule has 10 nitrogen and oxygen atoms in total. The Bertz CT molecular complexity index is 1120. The maximum Gasteiger partial charge on any atom is 0.240 e. The Morgan fingerprint density at radius 2 is 1.50 bits per heavy atom. The van der Waals surface area contributed by atoms with Crippen molar-refractivity contribution in [2.24, 2.45) is 5.14 Å².